The highest BCUT2D eigenvalue weighted by Crippen LogP contribution is 2.37. The molecule has 16 nitrogen and oxygen atoms in total. The first-order valence-electron chi connectivity index (χ1n) is 13.7. The zero-order chi connectivity index (χ0) is 40.8. The van der Waals surface area contributed by atoms with Crippen molar-refractivity contribution in [2.75, 3.05) is 33.9 Å². The number of amides is 2. The molecule has 1 aromatic carbocycles. The van der Waals surface area contributed by atoms with Crippen LogP contribution in [0, 0.1) is 17.8 Å². The van der Waals surface area contributed by atoms with Crippen molar-refractivity contribution in [3.63, 3.8) is 0 Å². The van der Waals surface area contributed by atoms with Crippen LogP contribution in [0.15, 0.2) is 53.5 Å². The largest absolute Gasteiger partial charge is 0.369 e. The summed E-state index contributed by atoms with van der Waals surface area (Å²) in [6, 6.07) is 6.23. The molecule has 0 bridgehead atoms. The fourth-order valence-corrected chi connectivity index (χ4v) is 11.9. The number of aromatic nitrogens is 3. The number of H-pyrrole nitrogens is 1. The number of thioether (sulfide) groups is 1. The molecule has 6 rings (SSSR count). The molecular formula is C25H28N8O8S13. The minimum absolute atomic E-state index is 0.0810. The molecule has 29 heteroatoms. The van der Waals surface area contributed by atoms with Gasteiger partial charge in [-0.1, -0.05) is 56.8 Å². The van der Waals surface area contributed by atoms with Crippen LogP contribution in [0.5, 0.6) is 0 Å². The van der Waals surface area contributed by atoms with Crippen molar-refractivity contribution in [3.05, 3.63) is 72.8 Å². The molecule has 0 radical (unpaired) electrons. The Balaban J connectivity index is 0.000000329. The van der Waals surface area contributed by atoms with Gasteiger partial charge in [0.1, 0.15) is 15.0 Å². The van der Waals surface area contributed by atoms with Gasteiger partial charge in [0.2, 0.25) is 14.0 Å². The molecule has 3 aromatic heterocycles. The van der Waals surface area contributed by atoms with Crippen LogP contribution in [0.1, 0.15) is 20.4 Å². The normalized spacial score (nSPS) is 13.0. The quantitative estimate of drug-likeness (QED) is 0.0824. The summed E-state index contributed by atoms with van der Waals surface area (Å²) >= 11 is 11.2. The number of aromatic amines is 1. The summed E-state index contributed by atoms with van der Waals surface area (Å²) in [5.74, 6) is 0.801. The molecule has 294 valence electrons. The average molecular weight is 985 g/mol. The standard InChI is InChI=1S/C7H4O3S2.C6H9N3S2.C4H8N2O2S2.C3H3NOS2.C3H3NS3.C2HNO2S2/c8-7-5-3-1-2-4-6(5)12(9,10)11-7;1-9(2)4-7-6-8-5(10)3-11-6;1-5-3(7)9-10-4(8)6-2;2*1-2-4-3(5)7-6-2;4-1-3-2(5)7-6-1/h1-4H;4H,3H2,1-2H3;1-2H3,(H,5,7)(H,6,8);2*1H3;(H,3,4,5). The zero-order valence-electron chi connectivity index (χ0n) is 28.4. The van der Waals surface area contributed by atoms with Crippen molar-refractivity contribution >= 4 is 172 Å². The molecule has 2 amide bonds. The molecule has 0 fully saturated rings. The van der Waals surface area contributed by atoms with Gasteiger partial charge in [0, 0.05) is 55.3 Å². The fourth-order valence-electron chi connectivity index (χ4n) is 2.45. The number of nitrogens with zero attached hydrogens (tertiary/aromatic N) is 5. The third-order valence-corrected chi connectivity index (χ3v) is 17.4. The van der Waals surface area contributed by atoms with E-state index in [4.69, 9.17) is 24.4 Å². The maximum Gasteiger partial charge on any atom is 0.337 e. The SMILES string of the molecule is CN(C)C=NC1=NC(=S)CS1.CNC(=O)SSC(=O)NC.Cc1nc(=O)ss1.Cc1nc(=S)ss1.O=C1SS(=O)(=O)c2ccccc21.O=c1[nH]c(=O)ss1. The number of benzene rings is 1. The van der Waals surface area contributed by atoms with Gasteiger partial charge in [0.25, 0.3) is 10.5 Å². The molecule has 3 N–H and O–H groups in total. The van der Waals surface area contributed by atoms with E-state index in [1.54, 1.807) is 50.9 Å². The second-order valence-corrected chi connectivity index (χ2v) is 23.3. The lowest BCUT2D eigenvalue weighted by molar-refractivity contribution is 0.108. The van der Waals surface area contributed by atoms with Crippen LogP contribution in [-0.4, -0.2) is 94.3 Å². The number of hydrogen-bond acceptors (Lipinski definition) is 23. The lowest BCUT2D eigenvalue weighted by Gasteiger charge is -2.00. The molecule has 4 aromatic rings. The summed E-state index contributed by atoms with van der Waals surface area (Å²) in [7, 11) is 13.2. The third-order valence-electron chi connectivity index (χ3n) is 4.47. The molecule has 0 saturated heterocycles. The van der Waals surface area contributed by atoms with Gasteiger partial charge in [-0.25, -0.2) is 23.4 Å². The third kappa shape index (κ3) is 21.9. The first-order chi connectivity index (χ1) is 25.4. The van der Waals surface area contributed by atoms with E-state index < -0.39 is 8.87 Å². The Hall–Kier alpha value is -2.03. The highest BCUT2D eigenvalue weighted by atomic mass is 33.1. The van der Waals surface area contributed by atoms with E-state index in [9.17, 15) is 37.2 Å². The van der Waals surface area contributed by atoms with Gasteiger partial charge in [0.15, 0.2) is 9.12 Å². The Kier molecular flexibility index (Phi) is 24.8. The molecule has 0 atom stereocenters. The number of aryl methyl sites for hydroxylation is 2. The van der Waals surface area contributed by atoms with Crippen molar-refractivity contribution in [1.82, 2.24) is 30.5 Å². The fraction of sp³-hybridized carbons (Fsp3) is 0.280. The highest BCUT2D eigenvalue weighted by Gasteiger charge is 2.33. The van der Waals surface area contributed by atoms with Crippen LogP contribution in [0.3, 0.4) is 0 Å². The molecule has 2 aliphatic heterocycles. The summed E-state index contributed by atoms with van der Waals surface area (Å²) in [5.41, 5.74) is 0.294. The summed E-state index contributed by atoms with van der Waals surface area (Å²) in [6.07, 6.45) is 1.72. The van der Waals surface area contributed by atoms with Gasteiger partial charge in [-0.15, -0.1) is 0 Å². The molecule has 2 aliphatic rings. The number of amidine groups is 1. The van der Waals surface area contributed by atoms with E-state index in [-0.39, 0.29) is 35.1 Å². The minimum Gasteiger partial charge on any atom is -0.369 e. The predicted molar refractivity (Wildman–Crippen MR) is 240 cm³/mol. The van der Waals surface area contributed by atoms with Crippen molar-refractivity contribution < 1.29 is 22.8 Å². The van der Waals surface area contributed by atoms with Crippen LogP contribution in [-0.2, 0) is 8.87 Å². The zero-order valence-corrected chi connectivity index (χ0v) is 39.0. The van der Waals surface area contributed by atoms with Gasteiger partial charge in [-0.3, -0.25) is 33.8 Å². The summed E-state index contributed by atoms with van der Waals surface area (Å²) in [4.78, 5) is 82.3. The Morgan fingerprint density at radius 2 is 1.44 bits per heavy atom. The van der Waals surface area contributed by atoms with Crippen LogP contribution in [0.25, 0.3) is 0 Å². The van der Waals surface area contributed by atoms with E-state index in [1.807, 2.05) is 32.8 Å². The number of rotatable bonds is 1. The van der Waals surface area contributed by atoms with E-state index in [2.05, 4.69) is 35.6 Å². The van der Waals surface area contributed by atoms with Crippen molar-refractivity contribution in [2.45, 2.75) is 18.7 Å². The maximum atomic E-state index is 11.2. The second-order valence-electron chi connectivity index (χ2n) is 8.84. The molecule has 0 spiro atoms. The number of carbonyl (C=O) groups is 3. The molecule has 0 aliphatic carbocycles. The van der Waals surface area contributed by atoms with Crippen LogP contribution in [0.2, 0.25) is 0 Å². The van der Waals surface area contributed by atoms with Crippen molar-refractivity contribution in [1.29, 1.82) is 0 Å². The first-order valence-corrected chi connectivity index (χ1v) is 27.0. The predicted octanol–water partition coefficient (Wildman–Crippen LogP) is 6.29. The minimum atomic E-state index is -3.39. The van der Waals surface area contributed by atoms with E-state index >= 15 is 0 Å². The summed E-state index contributed by atoms with van der Waals surface area (Å²) in [6.45, 7) is 3.78. The Bertz CT molecular complexity index is 2160. The van der Waals surface area contributed by atoms with Gasteiger partial charge in [-0.2, -0.15) is 4.98 Å². The van der Waals surface area contributed by atoms with Gasteiger partial charge in [-0.05, 0) is 79.6 Å². The molecule has 54 heavy (non-hydrogen) atoms. The number of fused-ring (bicyclic) bond motifs is 1. The number of nitrogens with one attached hydrogen (secondary N) is 3. The van der Waals surface area contributed by atoms with Crippen LogP contribution < -0.4 is 25.3 Å². The number of thiocarbonyl (C=S) groups is 1. The van der Waals surface area contributed by atoms with Gasteiger partial charge in [0.05, 0.1) is 27.8 Å². The summed E-state index contributed by atoms with van der Waals surface area (Å²) < 4.78 is 23.2. The van der Waals surface area contributed by atoms with E-state index in [0.717, 1.165) is 72.1 Å². The molecular weight excluding hydrogens is 957 g/mol. The van der Waals surface area contributed by atoms with Crippen LogP contribution >= 0.6 is 131 Å². The number of hydrogen-bond donors (Lipinski definition) is 3. The molecule has 0 unspecified atom stereocenters. The number of carbonyl (C=O) groups excluding carboxylic acids is 3. The molecule has 0 saturated carbocycles. The maximum absolute atomic E-state index is 11.2. The van der Waals surface area contributed by atoms with Crippen molar-refractivity contribution in [3.8, 4) is 0 Å². The van der Waals surface area contributed by atoms with E-state index in [1.165, 1.54) is 46.9 Å². The van der Waals surface area contributed by atoms with Gasteiger partial charge >= 0.3 is 14.6 Å². The smallest absolute Gasteiger partial charge is 0.337 e. The Morgan fingerprint density at radius 3 is 1.78 bits per heavy atom. The Morgan fingerprint density at radius 1 is 0.889 bits per heavy atom. The van der Waals surface area contributed by atoms with Crippen LogP contribution in [0.4, 0.5) is 9.59 Å². The lowest BCUT2D eigenvalue weighted by Crippen LogP contribution is -2.13. The topological polar surface area (TPSA) is 230 Å². The second kappa shape index (κ2) is 26.8. The Labute approximate surface area is 356 Å². The highest BCUT2D eigenvalue weighted by molar-refractivity contribution is 8.87. The number of aliphatic imine (C=N–C) groups is 2. The van der Waals surface area contributed by atoms with Crippen molar-refractivity contribution in [2.24, 2.45) is 9.98 Å². The summed E-state index contributed by atoms with van der Waals surface area (Å²) in [5, 5.41) is 6.58. The monoisotopic (exact) mass is 984 g/mol. The average Bonchev–Trinajstić information content (AvgIpc) is 3.95. The van der Waals surface area contributed by atoms with Gasteiger partial charge < -0.3 is 15.5 Å². The lowest BCUT2D eigenvalue weighted by atomic mass is 10.2. The first kappa shape index (κ1) is 50.0. The van der Waals surface area contributed by atoms with E-state index in [0.29, 0.717) is 16.4 Å². The molecule has 5 heterocycles.